The number of aliphatic hydroxyl groups is 1. The highest BCUT2D eigenvalue weighted by Gasteiger charge is 2.49. The van der Waals surface area contributed by atoms with Gasteiger partial charge in [0.05, 0.1) is 22.2 Å². The zero-order chi connectivity index (χ0) is 38.7. The van der Waals surface area contributed by atoms with E-state index in [1.54, 1.807) is 0 Å². The molecule has 5 aliphatic rings. The molecule has 3 aliphatic carbocycles. The lowest BCUT2D eigenvalue weighted by Gasteiger charge is -2.41. The molecule has 0 saturated carbocycles. The Kier molecular flexibility index (Phi) is 5.85. The molecule has 6 nitrogen and oxygen atoms in total. The highest BCUT2D eigenvalue weighted by atomic mass is 16.3. The van der Waals surface area contributed by atoms with Crippen molar-refractivity contribution < 1.29 is 9.90 Å². The van der Waals surface area contributed by atoms with Gasteiger partial charge in [-0.25, -0.2) is 4.99 Å². The van der Waals surface area contributed by atoms with E-state index in [1.165, 1.54) is 0 Å². The molecular weight excluding hydrogens is 713 g/mol. The van der Waals surface area contributed by atoms with Crippen molar-refractivity contribution in [3.63, 3.8) is 0 Å². The van der Waals surface area contributed by atoms with Crippen molar-refractivity contribution in [1.29, 1.82) is 0 Å². The summed E-state index contributed by atoms with van der Waals surface area (Å²) in [5, 5.41) is 29.4. The molecule has 0 amide bonds. The van der Waals surface area contributed by atoms with Gasteiger partial charge in [-0.2, -0.15) is 0 Å². The van der Waals surface area contributed by atoms with E-state index in [4.69, 9.17) is 4.99 Å². The molecule has 2 spiro atoms. The third-order valence-corrected chi connectivity index (χ3v) is 13.1. The van der Waals surface area contributed by atoms with Crippen LogP contribution in [0.5, 0.6) is 0 Å². The fourth-order valence-electron chi connectivity index (χ4n) is 10.6. The first-order chi connectivity index (χ1) is 28.3. The highest BCUT2D eigenvalue weighted by Crippen LogP contribution is 2.56. The molecule has 274 valence electrons. The molecule has 8 aromatic rings. The Morgan fingerprint density at radius 2 is 1.12 bits per heavy atom. The van der Waals surface area contributed by atoms with Crippen LogP contribution in [0.4, 0.5) is 17.1 Å². The number of fused-ring (bicyclic) bond motifs is 10. The maximum Gasteiger partial charge on any atom is 0.201 e. The van der Waals surface area contributed by atoms with Gasteiger partial charge in [-0.1, -0.05) is 145 Å². The minimum absolute atomic E-state index is 0.0190. The lowest BCUT2D eigenvalue weighted by atomic mass is 9.79. The van der Waals surface area contributed by atoms with Crippen molar-refractivity contribution in [1.82, 2.24) is 0 Å². The monoisotopic (exact) mass is 746 g/mol. The van der Waals surface area contributed by atoms with Crippen molar-refractivity contribution in [2.45, 2.75) is 25.2 Å². The number of nitrogens with one attached hydrogen (secondary N) is 3. The molecule has 0 saturated heterocycles. The summed E-state index contributed by atoms with van der Waals surface area (Å²) >= 11 is 0. The molecule has 0 fully saturated rings. The number of rotatable bonds is 1. The van der Waals surface area contributed by atoms with Crippen LogP contribution in [0.2, 0.25) is 0 Å². The molecule has 0 radical (unpaired) electrons. The van der Waals surface area contributed by atoms with Crippen LogP contribution in [0.25, 0.3) is 54.9 Å². The molecule has 6 heteroatoms. The normalized spacial score (nSPS) is 20.8. The summed E-state index contributed by atoms with van der Waals surface area (Å²) in [7, 11) is 0. The van der Waals surface area contributed by atoms with Gasteiger partial charge in [0.2, 0.25) is 5.78 Å². The number of aliphatic hydroxyl groups excluding tert-OH is 1. The summed E-state index contributed by atoms with van der Waals surface area (Å²) in [5.74, 6) is -0.226. The number of nitrogens with zero attached hydrogens (tertiary/aromatic N) is 1. The molecule has 58 heavy (non-hydrogen) atoms. The van der Waals surface area contributed by atoms with Gasteiger partial charge in [-0.3, -0.25) is 4.79 Å². The number of allylic oxidation sites excluding steroid dienone is 2. The number of ketones is 1. The van der Waals surface area contributed by atoms with E-state index in [0.717, 1.165) is 94.2 Å². The number of carbonyl (C=O) groups is 1. The minimum atomic E-state index is -0.915. The molecule has 4 N–H and O–H groups in total. The van der Waals surface area contributed by atoms with E-state index in [9.17, 15) is 9.90 Å². The second-order valence-corrected chi connectivity index (χ2v) is 16.3. The maximum atomic E-state index is 14.9. The fourth-order valence-corrected chi connectivity index (χ4v) is 10.6. The number of anilines is 3. The molecule has 2 heterocycles. The Balaban J connectivity index is 1.06. The zero-order valence-corrected chi connectivity index (χ0v) is 31.7. The van der Waals surface area contributed by atoms with Gasteiger partial charge in [-0.05, 0) is 59.0 Å². The van der Waals surface area contributed by atoms with Crippen molar-refractivity contribution in [2.75, 3.05) is 16.0 Å². The summed E-state index contributed by atoms with van der Waals surface area (Å²) in [4.78, 5) is 20.6. The van der Waals surface area contributed by atoms with E-state index < -0.39 is 11.3 Å². The molecule has 8 aromatic carbocycles. The van der Waals surface area contributed by atoms with Crippen LogP contribution in [-0.2, 0) is 16.1 Å². The molecular formula is C52H34N4O2. The third kappa shape index (κ3) is 3.78. The molecule has 2 unspecified atom stereocenters. The highest BCUT2D eigenvalue weighted by molar-refractivity contribution is 6.52. The van der Waals surface area contributed by atoms with Gasteiger partial charge >= 0.3 is 0 Å². The number of hydrogen-bond donors (Lipinski definition) is 4. The Hall–Kier alpha value is -7.44. The maximum absolute atomic E-state index is 14.9. The first-order valence-electron chi connectivity index (χ1n) is 19.8. The largest absolute Gasteiger partial charge is 0.506 e. The molecule has 0 bridgehead atoms. The topological polar surface area (TPSA) is 85.8 Å². The van der Waals surface area contributed by atoms with Crippen LogP contribution in [0.15, 0.2) is 156 Å². The van der Waals surface area contributed by atoms with E-state index in [1.807, 2.05) is 24.3 Å². The summed E-state index contributed by atoms with van der Waals surface area (Å²) in [6.07, 6.45) is 0. The van der Waals surface area contributed by atoms with E-state index >= 15 is 0 Å². The molecule has 2 aliphatic heterocycles. The fraction of sp³-hybridized carbons (Fsp3) is 0.0769. The summed E-state index contributed by atoms with van der Waals surface area (Å²) in [6.45, 7) is 4.22. The van der Waals surface area contributed by atoms with E-state index in [0.29, 0.717) is 21.7 Å². The first kappa shape index (κ1) is 31.7. The van der Waals surface area contributed by atoms with Gasteiger partial charge < -0.3 is 21.1 Å². The Labute approximate surface area is 333 Å². The first-order valence-corrected chi connectivity index (χ1v) is 19.8. The lowest BCUT2D eigenvalue weighted by Crippen LogP contribution is -2.45. The summed E-state index contributed by atoms with van der Waals surface area (Å²) in [5.41, 5.74) is 13.5. The van der Waals surface area contributed by atoms with Crippen LogP contribution < -0.4 is 26.5 Å². The average Bonchev–Trinajstić information content (AvgIpc) is 3.64. The smallest absolute Gasteiger partial charge is 0.201 e. The van der Waals surface area contributed by atoms with E-state index in [-0.39, 0.29) is 17.1 Å². The second-order valence-electron chi connectivity index (χ2n) is 16.3. The molecule has 2 atom stereocenters. The van der Waals surface area contributed by atoms with Crippen molar-refractivity contribution in [3.05, 3.63) is 201 Å². The number of benzene rings is 8. The van der Waals surface area contributed by atoms with Gasteiger partial charge in [0, 0.05) is 55.2 Å². The van der Waals surface area contributed by atoms with Gasteiger partial charge in [0.25, 0.3) is 0 Å². The Morgan fingerprint density at radius 3 is 1.88 bits per heavy atom. The van der Waals surface area contributed by atoms with Crippen LogP contribution >= 0.6 is 0 Å². The predicted octanol–water partition coefficient (Wildman–Crippen LogP) is 9.96. The van der Waals surface area contributed by atoms with Crippen molar-refractivity contribution in [3.8, 4) is 22.3 Å². The summed E-state index contributed by atoms with van der Waals surface area (Å²) < 4.78 is 0. The number of hydrogen-bond acceptors (Lipinski definition) is 6. The number of carbonyl (C=O) groups excluding carboxylic acids is 1. The average molecular weight is 747 g/mol. The Morgan fingerprint density at radius 1 is 0.517 bits per heavy atom. The van der Waals surface area contributed by atoms with Gasteiger partial charge in [0.1, 0.15) is 5.76 Å². The number of Topliss-reactive ketones (excluding diaryl/α,β-unsaturated/α-hetero) is 1. The quantitative estimate of drug-likeness (QED) is 0.134. The van der Waals surface area contributed by atoms with Crippen LogP contribution in [0, 0.1) is 13.8 Å². The second kappa shape index (κ2) is 10.7. The van der Waals surface area contributed by atoms with Crippen LogP contribution in [-0.4, -0.2) is 10.9 Å². The van der Waals surface area contributed by atoms with E-state index in [2.05, 4.69) is 151 Å². The van der Waals surface area contributed by atoms with Crippen LogP contribution in [0.3, 0.4) is 0 Å². The zero-order valence-electron chi connectivity index (χ0n) is 31.7. The molecule has 0 aromatic heterocycles. The van der Waals surface area contributed by atoms with Crippen molar-refractivity contribution >= 4 is 55.5 Å². The minimum Gasteiger partial charge on any atom is -0.506 e. The Bertz CT molecular complexity index is 3450. The number of aryl methyl sites for hydroxylation is 2. The standard InChI is InChI=1S/C52H34N4O2/c1-27-17-21-33-31-11-3-5-13-37(31)51(39(33)25-27)53-41-15-7-9-29-19-23-35(47(55-51)43(29)41)45-49(57)46(50(45)58)36-24-20-30-10-8-16-42-44(30)48(36)56-52(54-42)38-14-6-4-12-32(38)34-22-18-28(2)26-40(34)52/h3-26,53-55,57H,1-2H3/b46-36-. The van der Waals surface area contributed by atoms with Gasteiger partial charge in [-0.15, -0.1) is 0 Å². The van der Waals surface area contributed by atoms with Crippen molar-refractivity contribution in [2.24, 2.45) is 4.99 Å². The van der Waals surface area contributed by atoms with Crippen LogP contribution in [0.1, 0.15) is 38.9 Å². The summed E-state index contributed by atoms with van der Waals surface area (Å²) in [6, 6.07) is 50.5. The predicted molar refractivity (Wildman–Crippen MR) is 232 cm³/mol. The lowest BCUT2D eigenvalue weighted by molar-refractivity contribution is -0.109. The SMILES string of the molecule is Cc1ccc2c(c1)C1(N=c3/c(=C4\C(=O)C(c5ccc6cccc7c6c5NC5(N7)c6ccccc6-c6ccc(C)cc65)=C4O)ccc4cccc(c34)N1)c1ccccc1-2. The van der Waals surface area contributed by atoms with Gasteiger partial charge in [0.15, 0.2) is 11.3 Å². The molecule has 13 rings (SSSR count). The third-order valence-electron chi connectivity index (χ3n) is 13.1.